The van der Waals surface area contributed by atoms with E-state index in [0.717, 1.165) is 12.8 Å². The zero-order valence-electron chi connectivity index (χ0n) is 7.58. The Morgan fingerprint density at radius 2 is 2.25 bits per heavy atom. The Bertz CT molecular complexity index is 186. The second-order valence-corrected chi connectivity index (χ2v) is 3.58. The highest BCUT2D eigenvalue weighted by atomic mass is 16.7. The zero-order valence-corrected chi connectivity index (χ0v) is 7.58. The van der Waals surface area contributed by atoms with Crippen LogP contribution in [0.3, 0.4) is 0 Å². The minimum atomic E-state index is 0.352. The van der Waals surface area contributed by atoms with Crippen LogP contribution in [0.5, 0.6) is 0 Å². The molecule has 0 aromatic carbocycles. The van der Waals surface area contributed by atoms with Crippen molar-refractivity contribution >= 4 is 0 Å². The van der Waals surface area contributed by atoms with E-state index in [4.69, 9.17) is 9.47 Å². The summed E-state index contributed by atoms with van der Waals surface area (Å²) in [5.74, 6) is 0. The molecule has 0 saturated carbocycles. The lowest BCUT2D eigenvalue weighted by atomic mass is 9.92. The molecule has 2 nitrogen and oxygen atoms in total. The topological polar surface area (TPSA) is 18.5 Å². The molecule has 0 spiro atoms. The lowest BCUT2D eigenvalue weighted by Gasteiger charge is -2.22. The Morgan fingerprint density at radius 1 is 1.42 bits per heavy atom. The number of fused-ring (bicyclic) bond motifs is 1. The Labute approximate surface area is 73.5 Å². The van der Waals surface area contributed by atoms with Crippen molar-refractivity contribution < 1.29 is 9.47 Å². The van der Waals surface area contributed by atoms with E-state index >= 15 is 0 Å². The average molecular weight is 168 g/mol. The van der Waals surface area contributed by atoms with Crippen LogP contribution in [0.25, 0.3) is 0 Å². The molecule has 1 aliphatic carbocycles. The summed E-state index contributed by atoms with van der Waals surface area (Å²) in [6.07, 6.45) is 7.66. The minimum Gasteiger partial charge on any atom is -0.349 e. The van der Waals surface area contributed by atoms with Gasteiger partial charge in [-0.25, -0.2) is 0 Å². The Morgan fingerprint density at radius 3 is 3.08 bits per heavy atom. The molecule has 0 amide bonds. The minimum absolute atomic E-state index is 0.352. The van der Waals surface area contributed by atoms with Crippen LogP contribution in [0.2, 0.25) is 0 Å². The van der Waals surface area contributed by atoms with E-state index in [1.165, 1.54) is 12.8 Å². The molecule has 1 saturated heterocycles. The van der Waals surface area contributed by atoms with Crippen molar-refractivity contribution in [3.05, 3.63) is 11.6 Å². The van der Waals surface area contributed by atoms with E-state index in [2.05, 4.69) is 13.0 Å². The van der Waals surface area contributed by atoms with Crippen molar-refractivity contribution in [2.75, 3.05) is 6.79 Å². The molecule has 0 N–H and O–H groups in total. The molecule has 0 aromatic rings. The van der Waals surface area contributed by atoms with Gasteiger partial charge in [-0.3, -0.25) is 0 Å². The van der Waals surface area contributed by atoms with Crippen molar-refractivity contribution in [2.24, 2.45) is 0 Å². The van der Waals surface area contributed by atoms with Crippen molar-refractivity contribution in [2.45, 2.75) is 44.8 Å². The van der Waals surface area contributed by atoms with Gasteiger partial charge < -0.3 is 9.47 Å². The van der Waals surface area contributed by atoms with Gasteiger partial charge in [0.1, 0.15) is 6.79 Å². The fraction of sp³-hybridized carbons (Fsp3) is 0.800. The highest BCUT2D eigenvalue weighted by Gasteiger charge is 2.31. The molecule has 1 unspecified atom stereocenters. The maximum absolute atomic E-state index is 5.47. The van der Waals surface area contributed by atoms with Crippen LogP contribution in [-0.4, -0.2) is 19.0 Å². The Balaban J connectivity index is 1.95. The average Bonchev–Trinajstić information content (AvgIpc) is 2.51. The maximum atomic E-state index is 5.47. The molecule has 68 valence electrons. The molecule has 1 heterocycles. The largest absolute Gasteiger partial charge is 0.349 e. The molecule has 0 radical (unpaired) electrons. The number of ether oxygens (including phenoxy) is 2. The fourth-order valence-corrected chi connectivity index (χ4v) is 1.99. The lowest BCUT2D eigenvalue weighted by molar-refractivity contribution is 0.0400. The van der Waals surface area contributed by atoms with Gasteiger partial charge in [0.25, 0.3) is 0 Å². The summed E-state index contributed by atoms with van der Waals surface area (Å²) in [5.41, 5.74) is 1.56. The first-order valence-electron chi connectivity index (χ1n) is 4.81. The zero-order chi connectivity index (χ0) is 8.39. The second kappa shape index (κ2) is 3.58. The van der Waals surface area contributed by atoms with Crippen LogP contribution in [0.15, 0.2) is 11.6 Å². The number of rotatable bonds is 2. The second-order valence-electron chi connectivity index (χ2n) is 3.58. The first-order valence-corrected chi connectivity index (χ1v) is 4.81. The summed E-state index contributed by atoms with van der Waals surface area (Å²) in [6.45, 7) is 2.72. The highest BCUT2D eigenvalue weighted by Crippen LogP contribution is 2.29. The van der Waals surface area contributed by atoms with Crippen LogP contribution >= 0.6 is 0 Å². The van der Waals surface area contributed by atoms with Crippen LogP contribution in [0, 0.1) is 0 Å². The van der Waals surface area contributed by atoms with Crippen LogP contribution in [-0.2, 0) is 9.47 Å². The summed E-state index contributed by atoms with van der Waals surface area (Å²) in [6, 6.07) is 0. The number of hydrogen-bond acceptors (Lipinski definition) is 2. The molecule has 2 aliphatic rings. The van der Waals surface area contributed by atoms with Gasteiger partial charge in [0.2, 0.25) is 0 Å². The summed E-state index contributed by atoms with van der Waals surface area (Å²) in [5, 5.41) is 0. The van der Waals surface area contributed by atoms with Gasteiger partial charge in [-0.05, 0) is 19.3 Å². The fourth-order valence-electron chi connectivity index (χ4n) is 1.99. The first kappa shape index (κ1) is 8.27. The third-order valence-corrected chi connectivity index (χ3v) is 2.65. The summed E-state index contributed by atoms with van der Waals surface area (Å²) in [4.78, 5) is 0. The standard InChI is InChI=1S/C10H16O2/c1-2-3-8-4-5-9-10(6-8)12-7-11-9/h4,9-10H,2-3,5-7H2,1H3/t9?,10-/m1/s1. The lowest BCUT2D eigenvalue weighted by Crippen LogP contribution is -2.25. The predicted octanol–water partition coefficient (Wildman–Crippen LogP) is 2.25. The van der Waals surface area contributed by atoms with Gasteiger partial charge in [0, 0.05) is 0 Å². The van der Waals surface area contributed by atoms with E-state index in [1.807, 2.05) is 0 Å². The van der Waals surface area contributed by atoms with Gasteiger partial charge >= 0.3 is 0 Å². The Hall–Kier alpha value is -0.340. The van der Waals surface area contributed by atoms with E-state index < -0.39 is 0 Å². The van der Waals surface area contributed by atoms with Crippen molar-refractivity contribution in [1.82, 2.24) is 0 Å². The van der Waals surface area contributed by atoms with E-state index in [0.29, 0.717) is 19.0 Å². The molecular formula is C10H16O2. The van der Waals surface area contributed by atoms with Crippen molar-refractivity contribution in [1.29, 1.82) is 0 Å². The molecular weight excluding hydrogens is 152 g/mol. The molecule has 1 aliphatic heterocycles. The normalized spacial score (nSPS) is 34.6. The van der Waals surface area contributed by atoms with Crippen LogP contribution in [0.4, 0.5) is 0 Å². The van der Waals surface area contributed by atoms with E-state index in [-0.39, 0.29) is 0 Å². The maximum Gasteiger partial charge on any atom is 0.147 e. The quantitative estimate of drug-likeness (QED) is 0.589. The molecule has 1 fully saturated rings. The van der Waals surface area contributed by atoms with Gasteiger partial charge in [-0.15, -0.1) is 0 Å². The van der Waals surface area contributed by atoms with Gasteiger partial charge in [-0.2, -0.15) is 0 Å². The van der Waals surface area contributed by atoms with Crippen molar-refractivity contribution in [3.63, 3.8) is 0 Å². The van der Waals surface area contributed by atoms with Gasteiger partial charge in [0.05, 0.1) is 12.2 Å². The summed E-state index contributed by atoms with van der Waals surface area (Å²) < 4.78 is 10.9. The molecule has 2 atom stereocenters. The molecule has 0 bridgehead atoms. The molecule has 2 heteroatoms. The SMILES string of the molecule is CCCC1=CCC2OCO[C@@H]2C1. The smallest absolute Gasteiger partial charge is 0.147 e. The van der Waals surface area contributed by atoms with Crippen LogP contribution < -0.4 is 0 Å². The highest BCUT2D eigenvalue weighted by molar-refractivity contribution is 5.10. The molecule has 0 aromatic heterocycles. The molecule has 2 rings (SSSR count). The van der Waals surface area contributed by atoms with E-state index in [9.17, 15) is 0 Å². The number of hydrogen-bond donors (Lipinski definition) is 0. The third-order valence-electron chi connectivity index (χ3n) is 2.65. The molecule has 12 heavy (non-hydrogen) atoms. The van der Waals surface area contributed by atoms with Gasteiger partial charge in [-0.1, -0.05) is 25.0 Å². The first-order chi connectivity index (χ1) is 5.90. The van der Waals surface area contributed by atoms with Crippen molar-refractivity contribution in [3.8, 4) is 0 Å². The monoisotopic (exact) mass is 168 g/mol. The third kappa shape index (κ3) is 1.54. The van der Waals surface area contributed by atoms with Crippen LogP contribution in [0.1, 0.15) is 32.6 Å². The summed E-state index contributed by atoms with van der Waals surface area (Å²) in [7, 11) is 0. The predicted molar refractivity (Wildman–Crippen MR) is 46.8 cm³/mol. The summed E-state index contributed by atoms with van der Waals surface area (Å²) >= 11 is 0. The Kier molecular flexibility index (Phi) is 2.47. The van der Waals surface area contributed by atoms with E-state index in [1.54, 1.807) is 5.57 Å². The van der Waals surface area contributed by atoms with Gasteiger partial charge in [0.15, 0.2) is 0 Å².